The van der Waals surface area contributed by atoms with Gasteiger partial charge in [0.1, 0.15) is 10.7 Å². The zero-order valence-corrected chi connectivity index (χ0v) is 20.9. The predicted molar refractivity (Wildman–Crippen MR) is 131 cm³/mol. The van der Waals surface area contributed by atoms with Gasteiger partial charge in [-0.15, -0.1) is 0 Å². The van der Waals surface area contributed by atoms with Gasteiger partial charge in [-0.2, -0.15) is 0 Å². The Labute approximate surface area is 211 Å². The third-order valence-electron chi connectivity index (χ3n) is 5.59. The average molecular weight is 516 g/mol. The van der Waals surface area contributed by atoms with Crippen LogP contribution < -0.4 is 14.8 Å². The van der Waals surface area contributed by atoms with Gasteiger partial charge in [0.05, 0.1) is 42.9 Å². The third-order valence-corrected chi connectivity index (χ3v) is 6.70. The van der Waals surface area contributed by atoms with E-state index in [1.165, 1.54) is 37.1 Å². The highest BCUT2D eigenvalue weighted by Crippen LogP contribution is 2.47. The van der Waals surface area contributed by atoms with Crippen LogP contribution in [0, 0.1) is 10.1 Å². The number of carbonyl (C=O) groups is 2. The minimum atomic E-state index is -0.782. The fraction of sp³-hybridized carbons (Fsp3) is 0.333. The Morgan fingerprint density at radius 1 is 1.22 bits per heavy atom. The molecule has 0 radical (unpaired) electrons. The van der Waals surface area contributed by atoms with Crippen molar-refractivity contribution in [2.45, 2.75) is 32.3 Å². The number of carbonyl (C=O) groups excluding carboxylic acids is 2. The first-order valence-corrected chi connectivity index (χ1v) is 12.1. The Morgan fingerprint density at radius 2 is 1.94 bits per heavy atom. The lowest BCUT2D eigenvalue weighted by Crippen LogP contribution is -2.49. The molecule has 1 aromatic heterocycles. The molecule has 1 aromatic carbocycles. The van der Waals surface area contributed by atoms with Gasteiger partial charge < -0.3 is 23.9 Å². The van der Waals surface area contributed by atoms with Crippen molar-refractivity contribution in [1.82, 2.24) is 10.2 Å². The van der Waals surface area contributed by atoms with Crippen LogP contribution >= 0.6 is 11.8 Å². The van der Waals surface area contributed by atoms with E-state index in [0.717, 1.165) is 0 Å². The molecule has 11 nitrogen and oxygen atoms in total. The minimum absolute atomic E-state index is 0.173. The van der Waals surface area contributed by atoms with E-state index in [1.54, 1.807) is 30.0 Å². The minimum Gasteiger partial charge on any atom is -0.490 e. The molecular weight excluding hydrogens is 490 g/mol. The standard InChI is InChI=1S/C24H25N3O8S/c1-5-33-16-9-7-14(11-17(16)34-6-2)21-20(23(29)32-4)13(3)25-24-26(21)22(28)18(36-24)12-15-8-10-19(35-15)27(30)31/h7-12,21,24-25H,5-6H2,1-4H3/b18-12-/t21-,24-/m0/s1. The van der Waals surface area contributed by atoms with Crippen LogP contribution in [0.4, 0.5) is 5.88 Å². The lowest BCUT2D eigenvalue weighted by Gasteiger charge is -2.39. The number of hydrogen-bond donors (Lipinski definition) is 1. The van der Waals surface area contributed by atoms with Crippen LogP contribution in [0.25, 0.3) is 6.08 Å². The van der Waals surface area contributed by atoms with Crippen molar-refractivity contribution in [2.24, 2.45) is 0 Å². The lowest BCUT2D eigenvalue weighted by molar-refractivity contribution is -0.402. The molecule has 2 aliphatic rings. The zero-order chi connectivity index (χ0) is 26.0. The largest absolute Gasteiger partial charge is 0.490 e. The first kappa shape index (κ1) is 25.2. The molecule has 12 heteroatoms. The second kappa shape index (κ2) is 10.4. The number of ether oxygens (including phenoxy) is 3. The molecule has 1 fully saturated rings. The Bertz CT molecular complexity index is 1270. The summed E-state index contributed by atoms with van der Waals surface area (Å²) in [5, 5.41) is 14.2. The van der Waals surface area contributed by atoms with E-state index in [1.807, 2.05) is 13.8 Å². The number of nitro groups is 1. The second-order valence-electron chi connectivity index (χ2n) is 7.77. The van der Waals surface area contributed by atoms with E-state index in [2.05, 4.69) is 5.32 Å². The number of benzene rings is 1. The van der Waals surface area contributed by atoms with Gasteiger partial charge in [0.25, 0.3) is 5.91 Å². The van der Waals surface area contributed by atoms with Crippen molar-refractivity contribution in [1.29, 1.82) is 0 Å². The molecule has 0 unspecified atom stereocenters. The van der Waals surface area contributed by atoms with Crippen LogP contribution in [-0.4, -0.2) is 47.5 Å². The summed E-state index contributed by atoms with van der Waals surface area (Å²) >= 11 is 1.22. The van der Waals surface area contributed by atoms with E-state index in [-0.39, 0.29) is 17.2 Å². The van der Waals surface area contributed by atoms with Gasteiger partial charge in [-0.05, 0) is 44.5 Å². The van der Waals surface area contributed by atoms with E-state index >= 15 is 0 Å². The smallest absolute Gasteiger partial charge is 0.433 e. The molecule has 0 spiro atoms. The number of fused-ring (bicyclic) bond motifs is 1. The molecule has 2 aromatic rings. The van der Waals surface area contributed by atoms with E-state index < -0.39 is 28.3 Å². The SMILES string of the molecule is CCOc1ccc([C@H]2C(C(=O)OC)=C(C)N[C@@H]3S/C(=C\c4ccc([N+](=O)[O-])o4)C(=O)N32)cc1OCC. The molecule has 0 saturated carbocycles. The zero-order valence-electron chi connectivity index (χ0n) is 20.1. The number of hydrogen-bond acceptors (Lipinski definition) is 10. The maximum Gasteiger partial charge on any atom is 0.433 e. The highest BCUT2D eigenvalue weighted by Gasteiger charge is 2.48. The average Bonchev–Trinajstić information content (AvgIpc) is 3.44. The number of thioether (sulfide) groups is 1. The third kappa shape index (κ3) is 4.63. The van der Waals surface area contributed by atoms with Crippen molar-refractivity contribution < 1.29 is 33.1 Å². The Balaban J connectivity index is 1.79. The van der Waals surface area contributed by atoms with Crippen LogP contribution in [0.5, 0.6) is 11.5 Å². The molecule has 190 valence electrons. The van der Waals surface area contributed by atoms with Crippen LogP contribution in [0.1, 0.15) is 38.1 Å². The van der Waals surface area contributed by atoms with E-state index in [4.69, 9.17) is 18.6 Å². The Kier molecular flexibility index (Phi) is 7.25. The highest BCUT2D eigenvalue weighted by molar-refractivity contribution is 8.05. The molecule has 2 atom stereocenters. The molecule has 3 heterocycles. The fourth-order valence-electron chi connectivity index (χ4n) is 4.10. The molecule has 1 saturated heterocycles. The van der Waals surface area contributed by atoms with E-state index in [9.17, 15) is 19.7 Å². The summed E-state index contributed by atoms with van der Waals surface area (Å²) < 4.78 is 21.7. The van der Waals surface area contributed by atoms with Crippen molar-refractivity contribution in [3.8, 4) is 11.5 Å². The molecule has 0 bridgehead atoms. The molecule has 36 heavy (non-hydrogen) atoms. The van der Waals surface area contributed by atoms with Gasteiger partial charge in [-0.3, -0.25) is 19.8 Å². The van der Waals surface area contributed by atoms with Crippen molar-refractivity contribution in [3.05, 3.63) is 67.9 Å². The number of esters is 1. The number of nitrogens with one attached hydrogen (secondary N) is 1. The maximum absolute atomic E-state index is 13.6. The van der Waals surface area contributed by atoms with Gasteiger partial charge in [0.2, 0.25) is 0 Å². The summed E-state index contributed by atoms with van der Waals surface area (Å²) in [7, 11) is 1.28. The number of rotatable bonds is 8. The highest BCUT2D eigenvalue weighted by atomic mass is 32.2. The molecular formula is C24H25N3O8S. The van der Waals surface area contributed by atoms with Crippen molar-refractivity contribution >= 4 is 35.6 Å². The van der Waals surface area contributed by atoms with Gasteiger partial charge in [0.15, 0.2) is 17.0 Å². The second-order valence-corrected chi connectivity index (χ2v) is 8.90. The first-order valence-electron chi connectivity index (χ1n) is 11.2. The van der Waals surface area contributed by atoms with Crippen molar-refractivity contribution in [2.75, 3.05) is 20.3 Å². The molecule has 1 amide bonds. The number of furan rings is 1. The molecule has 1 N–H and O–H groups in total. The number of amides is 1. The monoisotopic (exact) mass is 515 g/mol. The predicted octanol–water partition coefficient (Wildman–Crippen LogP) is 3.98. The quantitative estimate of drug-likeness (QED) is 0.238. The Morgan fingerprint density at radius 3 is 2.58 bits per heavy atom. The van der Waals surface area contributed by atoms with Crippen LogP contribution in [0.15, 0.2) is 50.9 Å². The lowest BCUT2D eigenvalue weighted by atomic mass is 9.93. The Hall–Kier alpha value is -3.93. The first-order chi connectivity index (χ1) is 17.3. The molecule has 4 rings (SSSR count). The number of allylic oxidation sites excluding steroid dienone is 1. The van der Waals surface area contributed by atoms with Crippen LogP contribution in [-0.2, 0) is 14.3 Å². The topological polar surface area (TPSA) is 133 Å². The summed E-state index contributed by atoms with van der Waals surface area (Å²) in [5.41, 5.74) is 0.950. The van der Waals surface area contributed by atoms with Gasteiger partial charge in [-0.1, -0.05) is 17.8 Å². The van der Waals surface area contributed by atoms with Crippen LogP contribution in [0.3, 0.4) is 0 Å². The summed E-state index contributed by atoms with van der Waals surface area (Å²) in [5.74, 6) is -0.154. The van der Waals surface area contributed by atoms with Gasteiger partial charge in [0, 0.05) is 11.8 Å². The summed E-state index contributed by atoms with van der Waals surface area (Å²) in [6, 6.07) is 7.15. The number of methoxy groups -OCH3 is 1. The fourth-order valence-corrected chi connectivity index (χ4v) is 5.30. The summed E-state index contributed by atoms with van der Waals surface area (Å²) in [6.07, 6.45) is 1.45. The molecule has 0 aliphatic carbocycles. The van der Waals surface area contributed by atoms with Gasteiger partial charge >= 0.3 is 11.9 Å². The van der Waals surface area contributed by atoms with E-state index in [0.29, 0.717) is 40.9 Å². The van der Waals surface area contributed by atoms with Gasteiger partial charge in [-0.25, -0.2) is 4.79 Å². The number of nitrogens with zero attached hydrogens (tertiary/aromatic N) is 2. The molecule has 2 aliphatic heterocycles. The van der Waals surface area contributed by atoms with Crippen molar-refractivity contribution in [3.63, 3.8) is 0 Å². The van der Waals surface area contributed by atoms with Crippen LogP contribution in [0.2, 0.25) is 0 Å². The maximum atomic E-state index is 13.6. The summed E-state index contributed by atoms with van der Waals surface area (Å²) in [6.45, 7) is 6.31. The summed E-state index contributed by atoms with van der Waals surface area (Å²) in [4.78, 5) is 38.6. The normalized spacial score (nSPS) is 20.3.